The molecule has 3 aromatic heterocycles. The van der Waals surface area contributed by atoms with Crippen molar-refractivity contribution in [3.8, 4) is 22.7 Å². The Morgan fingerprint density at radius 1 is 0.865 bits per heavy atom. The molecule has 2 N–H and O–H groups in total. The Morgan fingerprint density at radius 2 is 1.70 bits per heavy atom. The second kappa shape index (κ2) is 8.85. The molecule has 0 aliphatic carbocycles. The maximum Gasteiger partial charge on any atom is 0.217 e. The van der Waals surface area contributed by atoms with Crippen LogP contribution in [0.5, 0.6) is 0 Å². The molecule has 0 unspecified atom stereocenters. The number of benzene rings is 3. The van der Waals surface area contributed by atoms with Crippen molar-refractivity contribution < 1.29 is 13.9 Å². The highest BCUT2D eigenvalue weighted by molar-refractivity contribution is 5.93. The summed E-state index contributed by atoms with van der Waals surface area (Å²) in [7, 11) is 0. The van der Waals surface area contributed by atoms with Crippen molar-refractivity contribution in [2.75, 3.05) is 18.9 Å². The molecule has 3 aromatic carbocycles. The number of fused-ring (bicyclic) bond motifs is 2. The van der Waals surface area contributed by atoms with Crippen molar-refractivity contribution in [3.05, 3.63) is 96.4 Å². The Hall–Kier alpha value is -4.53. The van der Waals surface area contributed by atoms with Gasteiger partial charge in [0.1, 0.15) is 11.6 Å². The van der Waals surface area contributed by atoms with Gasteiger partial charge in [0.05, 0.1) is 37.0 Å². The zero-order chi connectivity index (χ0) is 24.8. The van der Waals surface area contributed by atoms with E-state index in [1.54, 1.807) is 0 Å². The molecule has 0 bridgehead atoms. The monoisotopic (exact) mass is 489 g/mol. The fraction of sp³-hybridized carbons (Fsp3) is 0.138. The zero-order valence-electron chi connectivity index (χ0n) is 19.9. The molecule has 0 saturated carbocycles. The van der Waals surface area contributed by atoms with E-state index in [0.29, 0.717) is 42.9 Å². The van der Waals surface area contributed by atoms with Crippen molar-refractivity contribution in [2.24, 2.45) is 0 Å². The van der Waals surface area contributed by atoms with E-state index in [0.717, 1.165) is 32.9 Å². The predicted molar refractivity (Wildman–Crippen MR) is 141 cm³/mol. The molecule has 4 heterocycles. The number of hydrogen-bond donors (Lipinski definition) is 1. The van der Waals surface area contributed by atoms with Gasteiger partial charge in [-0.25, -0.2) is 9.97 Å². The highest BCUT2D eigenvalue weighted by Crippen LogP contribution is 2.32. The summed E-state index contributed by atoms with van der Waals surface area (Å²) < 4.78 is 19.1. The van der Waals surface area contributed by atoms with Crippen LogP contribution < -0.4 is 5.73 Å². The maximum atomic E-state index is 6.35. The standard InChI is InChI=1S/C29H23N5O3/c30-27-22-8-6-19(25-10-11-26(37-25)29-35-12-13-36-29)15-23(22)32-28(33-27)20-7-9-24-21(14-20)16-31-34(24)17-18-4-2-1-3-5-18/h1-11,14-16,29H,12-13,17H2,(H2,30,32,33). The van der Waals surface area contributed by atoms with Crippen LogP contribution in [0.25, 0.3) is 44.5 Å². The average Bonchev–Trinajstić information content (AvgIpc) is 3.70. The third kappa shape index (κ3) is 4.02. The third-order valence-corrected chi connectivity index (χ3v) is 6.57. The van der Waals surface area contributed by atoms with E-state index < -0.39 is 6.29 Å². The lowest BCUT2D eigenvalue weighted by Gasteiger charge is -2.08. The van der Waals surface area contributed by atoms with Gasteiger partial charge in [0.25, 0.3) is 0 Å². The number of hydrogen-bond acceptors (Lipinski definition) is 7. The van der Waals surface area contributed by atoms with Gasteiger partial charge in [0.2, 0.25) is 6.29 Å². The number of furan rings is 1. The highest BCUT2D eigenvalue weighted by atomic mass is 16.7. The lowest BCUT2D eigenvalue weighted by atomic mass is 10.1. The first-order valence-electron chi connectivity index (χ1n) is 12.1. The van der Waals surface area contributed by atoms with Gasteiger partial charge >= 0.3 is 0 Å². The van der Waals surface area contributed by atoms with Crippen molar-refractivity contribution >= 4 is 27.6 Å². The number of anilines is 1. The lowest BCUT2D eigenvalue weighted by molar-refractivity contribution is -0.0585. The van der Waals surface area contributed by atoms with Crippen molar-refractivity contribution in [2.45, 2.75) is 12.8 Å². The Bertz CT molecular complexity index is 1740. The minimum atomic E-state index is -0.453. The Morgan fingerprint density at radius 3 is 2.57 bits per heavy atom. The van der Waals surface area contributed by atoms with Gasteiger partial charge in [0.15, 0.2) is 11.6 Å². The van der Waals surface area contributed by atoms with E-state index in [-0.39, 0.29) is 0 Å². The van der Waals surface area contributed by atoms with Crippen molar-refractivity contribution in [1.82, 2.24) is 19.7 Å². The van der Waals surface area contributed by atoms with Crippen LogP contribution in [-0.4, -0.2) is 33.0 Å². The lowest BCUT2D eigenvalue weighted by Crippen LogP contribution is -2.01. The number of nitrogens with zero attached hydrogens (tertiary/aromatic N) is 4. The summed E-state index contributed by atoms with van der Waals surface area (Å²) in [6.45, 7) is 1.84. The van der Waals surface area contributed by atoms with Crippen LogP contribution in [0.4, 0.5) is 5.82 Å². The third-order valence-electron chi connectivity index (χ3n) is 6.57. The number of ether oxygens (including phenoxy) is 2. The van der Waals surface area contributed by atoms with Crippen LogP contribution >= 0.6 is 0 Å². The van der Waals surface area contributed by atoms with Crippen molar-refractivity contribution in [1.29, 1.82) is 0 Å². The molecule has 1 fully saturated rings. The first kappa shape index (κ1) is 21.7. The molecule has 182 valence electrons. The summed E-state index contributed by atoms with van der Waals surface area (Å²) in [5.74, 6) is 2.35. The second-order valence-electron chi connectivity index (χ2n) is 9.00. The van der Waals surface area contributed by atoms with Gasteiger partial charge in [-0.3, -0.25) is 4.68 Å². The molecule has 0 radical (unpaired) electrons. The van der Waals surface area contributed by atoms with Crippen molar-refractivity contribution in [3.63, 3.8) is 0 Å². The summed E-state index contributed by atoms with van der Waals surface area (Å²) in [6.07, 6.45) is 1.42. The summed E-state index contributed by atoms with van der Waals surface area (Å²) in [5.41, 5.74) is 11.1. The molecule has 0 spiro atoms. The van der Waals surface area contributed by atoms with E-state index in [4.69, 9.17) is 24.6 Å². The molecule has 1 aliphatic rings. The van der Waals surface area contributed by atoms with E-state index >= 15 is 0 Å². The van der Waals surface area contributed by atoms with Crippen LogP contribution in [0.2, 0.25) is 0 Å². The average molecular weight is 490 g/mol. The molecule has 1 aliphatic heterocycles. The predicted octanol–water partition coefficient (Wildman–Crippen LogP) is 5.58. The van der Waals surface area contributed by atoms with Gasteiger partial charge in [0, 0.05) is 21.9 Å². The minimum Gasteiger partial charge on any atom is -0.456 e. The molecular formula is C29H23N5O3. The SMILES string of the molecule is Nc1nc(-c2ccc3c(cnn3Cc3ccccc3)c2)nc2cc(-c3ccc(C4OCCO4)o3)ccc12. The fourth-order valence-corrected chi connectivity index (χ4v) is 4.70. The maximum absolute atomic E-state index is 6.35. The molecule has 7 rings (SSSR count). The minimum absolute atomic E-state index is 0.430. The Balaban J connectivity index is 1.23. The van der Waals surface area contributed by atoms with E-state index in [9.17, 15) is 0 Å². The largest absolute Gasteiger partial charge is 0.456 e. The Labute approximate surface area is 212 Å². The molecule has 0 amide bonds. The van der Waals surface area contributed by atoms with E-state index in [1.807, 2.05) is 65.5 Å². The van der Waals surface area contributed by atoms with Gasteiger partial charge in [-0.1, -0.05) is 36.4 Å². The number of nitrogen functional groups attached to an aromatic ring is 1. The van der Waals surface area contributed by atoms with E-state index in [2.05, 4.69) is 34.3 Å². The smallest absolute Gasteiger partial charge is 0.217 e. The van der Waals surface area contributed by atoms with Crippen LogP contribution in [0.15, 0.2) is 89.5 Å². The first-order valence-corrected chi connectivity index (χ1v) is 12.1. The van der Waals surface area contributed by atoms with Crippen LogP contribution in [0.3, 0.4) is 0 Å². The molecular weight excluding hydrogens is 466 g/mol. The summed E-state index contributed by atoms with van der Waals surface area (Å²) >= 11 is 0. The van der Waals surface area contributed by atoms with Crippen LogP contribution in [0.1, 0.15) is 17.6 Å². The summed E-state index contributed by atoms with van der Waals surface area (Å²) in [4.78, 5) is 9.44. The molecule has 8 nitrogen and oxygen atoms in total. The quantitative estimate of drug-likeness (QED) is 0.337. The summed E-state index contributed by atoms with van der Waals surface area (Å²) in [6, 6.07) is 26.0. The molecule has 6 aromatic rings. The van der Waals surface area contributed by atoms with Gasteiger partial charge < -0.3 is 19.6 Å². The molecule has 0 atom stereocenters. The van der Waals surface area contributed by atoms with Crippen LogP contribution in [-0.2, 0) is 16.0 Å². The normalized spacial score (nSPS) is 14.2. The number of nitrogens with two attached hydrogens (primary N) is 1. The number of rotatable bonds is 5. The molecule has 37 heavy (non-hydrogen) atoms. The van der Waals surface area contributed by atoms with Crippen LogP contribution in [0, 0.1) is 0 Å². The highest BCUT2D eigenvalue weighted by Gasteiger charge is 2.22. The summed E-state index contributed by atoms with van der Waals surface area (Å²) in [5, 5.41) is 6.40. The molecule has 8 heteroatoms. The van der Waals surface area contributed by atoms with Gasteiger partial charge in [-0.15, -0.1) is 0 Å². The number of aromatic nitrogens is 4. The van der Waals surface area contributed by atoms with E-state index in [1.165, 1.54) is 5.56 Å². The van der Waals surface area contributed by atoms with Gasteiger partial charge in [-0.2, -0.15) is 5.10 Å². The fourth-order valence-electron chi connectivity index (χ4n) is 4.70. The van der Waals surface area contributed by atoms with Gasteiger partial charge in [-0.05, 0) is 48.0 Å². The zero-order valence-corrected chi connectivity index (χ0v) is 19.9. The first-order chi connectivity index (χ1) is 18.2. The topological polar surface area (TPSA) is 101 Å². The Kier molecular flexibility index (Phi) is 5.20. The molecule has 1 saturated heterocycles. The second-order valence-corrected chi connectivity index (χ2v) is 9.00.